The number of carbonyl (C=O) groups is 2. The molecule has 2 aromatic heterocycles. The van der Waals surface area contributed by atoms with Crippen LogP contribution in [0.2, 0.25) is 0 Å². The largest absolute Gasteiger partial charge is 0.345 e. The van der Waals surface area contributed by atoms with Gasteiger partial charge in [0.15, 0.2) is 5.69 Å². The molecule has 0 aliphatic heterocycles. The lowest BCUT2D eigenvalue weighted by molar-refractivity contribution is 0.0838. The molecule has 0 unspecified atom stereocenters. The first-order valence-corrected chi connectivity index (χ1v) is 10.5. The highest BCUT2D eigenvalue weighted by Crippen LogP contribution is 2.26. The maximum absolute atomic E-state index is 13.3. The Morgan fingerprint density at radius 1 is 1.07 bits per heavy atom. The van der Waals surface area contributed by atoms with Crippen molar-refractivity contribution in [1.29, 1.82) is 0 Å². The number of hydrogen-bond acceptors (Lipinski definition) is 3. The minimum atomic E-state index is -0.476. The van der Waals surface area contributed by atoms with Gasteiger partial charge in [-0.05, 0) is 71.9 Å². The van der Waals surface area contributed by atoms with E-state index in [9.17, 15) is 14.0 Å². The number of carbonyl (C=O) groups excluding carboxylic acids is 2. The van der Waals surface area contributed by atoms with E-state index in [4.69, 9.17) is 0 Å². The van der Waals surface area contributed by atoms with E-state index in [1.165, 1.54) is 12.1 Å². The minimum Gasteiger partial charge on any atom is -0.345 e. The summed E-state index contributed by atoms with van der Waals surface area (Å²) in [4.78, 5) is 25.3. The van der Waals surface area contributed by atoms with Gasteiger partial charge in [0.2, 0.25) is 0 Å². The molecule has 1 aliphatic carbocycles. The topological polar surface area (TPSA) is 81.0 Å². The van der Waals surface area contributed by atoms with Gasteiger partial charge in [0.1, 0.15) is 11.5 Å². The van der Waals surface area contributed by atoms with E-state index < -0.39 is 11.8 Å². The van der Waals surface area contributed by atoms with Crippen LogP contribution in [0.5, 0.6) is 0 Å². The van der Waals surface area contributed by atoms with Crippen molar-refractivity contribution in [2.45, 2.75) is 32.1 Å². The Kier molecular flexibility index (Phi) is 5.72. The molecule has 30 heavy (non-hydrogen) atoms. The molecule has 9 heteroatoms. The van der Waals surface area contributed by atoms with Crippen molar-refractivity contribution >= 4 is 27.7 Å². The molecule has 0 bridgehead atoms. The van der Waals surface area contributed by atoms with Crippen LogP contribution >= 0.6 is 15.9 Å². The average molecular weight is 474 g/mol. The Morgan fingerprint density at radius 3 is 2.47 bits per heavy atom. The molecule has 0 spiro atoms. The Hall–Kier alpha value is -2.94. The smallest absolute Gasteiger partial charge is 0.290 e. The minimum absolute atomic E-state index is 0.282. The van der Waals surface area contributed by atoms with Gasteiger partial charge in [-0.25, -0.2) is 9.07 Å². The van der Waals surface area contributed by atoms with Gasteiger partial charge >= 0.3 is 0 Å². The van der Waals surface area contributed by atoms with Crippen LogP contribution < -0.4 is 10.9 Å². The van der Waals surface area contributed by atoms with Gasteiger partial charge in [0.25, 0.3) is 11.8 Å². The summed E-state index contributed by atoms with van der Waals surface area (Å²) in [6, 6.07) is 7.70. The van der Waals surface area contributed by atoms with Crippen LogP contribution in [0.25, 0.3) is 5.69 Å². The Labute approximate surface area is 181 Å². The number of aromatic nitrogens is 3. The number of hydrazine groups is 1. The summed E-state index contributed by atoms with van der Waals surface area (Å²) in [6.45, 7) is 0. The molecular weight excluding hydrogens is 453 g/mol. The first-order valence-electron chi connectivity index (χ1n) is 9.73. The lowest BCUT2D eigenvalue weighted by atomic mass is 10.1. The number of aryl methyl sites for hydroxylation is 1. The summed E-state index contributed by atoms with van der Waals surface area (Å²) < 4.78 is 17.5. The number of amides is 2. The fraction of sp³-hybridized carbons (Fsp3) is 0.286. The van der Waals surface area contributed by atoms with Crippen LogP contribution in [0.4, 0.5) is 4.39 Å². The maximum Gasteiger partial charge on any atom is 0.290 e. The van der Waals surface area contributed by atoms with E-state index in [0.717, 1.165) is 47.8 Å². The van der Waals surface area contributed by atoms with Crippen molar-refractivity contribution in [1.82, 2.24) is 25.2 Å². The van der Waals surface area contributed by atoms with E-state index in [1.54, 1.807) is 40.7 Å². The van der Waals surface area contributed by atoms with Gasteiger partial charge in [-0.2, -0.15) is 5.10 Å². The van der Waals surface area contributed by atoms with E-state index in [-0.39, 0.29) is 11.5 Å². The molecule has 156 valence electrons. The van der Waals surface area contributed by atoms with Gasteiger partial charge in [0, 0.05) is 29.0 Å². The molecule has 4 rings (SSSR count). The zero-order chi connectivity index (χ0) is 21.3. The molecular formula is C21H21BrFN5O2. The van der Waals surface area contributed by atoms with Crippen molar-refractivity contribution in [3.05, 3.63) is 69.5 Å². The summed E-state index contributed by atoms with van der Waals surface area (Å²) in [6.07, 6.45) is 6.31. The van der Waals surface area contributed by atoms with Gasteiger partial charge in [-0.1, -0.05) is 6.42 Å². The summed E-state index contributed by atoms with van der Waals surface area (Å²) in [5.74, 6) is -1.23. The van der Waals surface area contributed by atoms with Gasteiger partial charge < -0.3 is 4.57 Å². The molecule has 3 aromatic rings. The van der Waals surface area contributed by atoms with Crippen LogP contribution in [0.3, 0.4) is 0 Å². The summed E-state index contributed by atoms with van der Waals surface area (Å²) in [5.41, 5.74) is 8.15. The normalized spacial score (nSPS) is 13.4. The number of rotatable bonds is 3. The summed E-state index contributed by atoms with van der Waals surface area (Å²) in [5, 5.41) is 4.52. The highest BCUT2D eigenvalue weighted by Gasteiger charge is 2.25. The van der Waals surface area contributed by atoms with Crippen molar-refractivity contribution < 1.29 is 14.0 Å². The molecule has 0 radical (unpaired) electrons. The zero-order valence-electron chi connectivity index (χ0n) is 16.4. The molecule has 2 N–H and O–H groups in total. The zero-order valence-corrected chi connectivity index (χ0v) is 18.0. The van der Waals surface area contributed by atoms with Crippen molar-refractivity contribution in [2.75, 3.05) is 0 Å². The molecule has 0 fully saturated rings. The first kappa shape index (κ1) is 20.3. The number of nitrogens with one attached hydrogen (secondary N) is 2. The predicted molar refractivity (Wildman–Crippen MR) is 113 cm³/mol. The molecule has 0 saturated heterocycles. The molecule has 0 atom stereocenters. The number of nitrogens with zero attached hydrogens (tertiary/aromatic N) is 3. The van der Waals surface area contributed by atoms with E-state index in [2.05, 4.69) is 31.9 Å². The molecule has 2 amide bonds. The van der Waals surface area contributed by atoms with E-state index >= 15 is 0 Å². The molecule has 7 nitrogen and oxygen atoms in total. The number of benzene rings is 1. The Morgan fingerprint density at radius 2 is 1.77 bits per heavy atom. The second-order valence-electron chi connectivity index (χ2n) is 7.29. The quantitative estimate of drug-likeness (QED) is 0.451. The third-order valence-corrected chi connectivity index (χ3v) is 5.64. The SMILES string of the molecule is Cn1cc(Br)cc1C(=O)NNC(=O)c1nn(-c2ccc(F)cc2)c2c1CCCCC2. The molecule has 0 saturated carbocycles. The van der Waals surface area contributed by atoms with Crippen molar-refractivity contribution in [2.24, 2.45) is 7.05 Å². The van der Waals surface area contributed by atoms with Crippen LogP contribution in [-0.4, -0.2) is 26.2 Å². The third kappa shape index (κ3) is 4.02. The lowest BCUT2D eigenvalue weighted by Gasteiger charge is -2.07. The second kappa shape index (κ2) is 8.43. The number of hydrogen-bond donors (Lipinski definition) is 2. The summed E-state index contributed by atoms with van der Waals surface area (Å²) in [7, 11) is 1.74. The van der Waals surface area contributed by atoms with E-state index in [1.807, 2.05) is 0 Å². The van der Waals surface area contributed by atoms with Crippen LogP contribution in [0.15, 0.2) is 41.0 Å². The first-order chi connectivity index (χ1) is 14.4. The van der Waals surface area contributed by atoms with Crippen LogP contribution in [0.1, 0.15) is 51.5 Å². The highest BCUT2D eigenvalue weighted by atomic mass is 79.9. The standard InChI is InChI=1S/C21H21BrFN5O2/c1-27-12-13(22)11-18(27)20(29)24-25-21(30)19-16-5-3-2-4-6-17(16)28(26-19)15-9-7-14(23)8-10-15/h7-12H,2-6H2,1H3,(H,24,29)(H,25,30). The van der Waals surface area contributed by atoms with Gasteiger partial charge in [-0.15, -0.1) is 0 Å². The lowest BCUT2D eigenvalue weighted by Crippen LogP contribution is -2.42. The Bertz CT molecular complexity index is 1100. The summed E-state index contributed by atoms with van der Waals surface area (Å²) >= 11 is 3.32. The number of fused-ring (bicyclic) bond motifs is 1. The van der Waals surface area contributed by atoms with E-state index in [0.29, 0.717) is 11.4 Å². The van der Waals surface area contributed by atoms with Crippen molar-refractivity contribution in [3.63, 3.8) is 0 Å². The Balaban J connectivity index is 1.60. The molecule has 1 aliphatic rings. The van der Waals surface area contributed by atoms with Crippen molar-refractivity contribution in [3.8, 4) is 5.69 Å². The number of halogens is 2. The van der Waals surface area contributed by atoms with Gasteiger partial charge in [-0.3, -0.25) is 20.4 Å². The third-order valence-electron chi connectivity index (χ3n) is 5.21. The highest BCUT2D eigenvalue weighted by molar-refractivity contribution is 9.10. The average Bonchev–Trinajstić information content (AvgIpc) is 3.15. The fourth-order valence-electron chi connectivity index (χ4n) is 3.74. The predicted octanol–water partition coefficient (Wildman–Crippen LogP) is 3.46. The van der Waals surface area contributed by atoms with Gasteiger partial charge in [0.05, 0.1) is 5.69 Å². The van der Waals surface area contributed by atoms with Crippen LogP contribution in [0, 0.1) is 5.82 Å². The maximum atomic E-state index is 13.3. The monoisotopic (exact) mass is 473 g/mol. The van der Waals surface area contributed by atoms with Crippen LogP contribution in [-0.2, 0) is 19.9 Å². The molecule has 2 heterocycles. The fourth-order valence-corrected chi connectivity index (χ4v) is 4.26. The second-order valence-corrected chi connectivity index (χ2v) is 8.20. The molecule has 1 aromatic carbocycles.